The molecule has 0 saturated heterocycles. The van der Waals surface area contributed by atoms with E-state index >= 15 is 0 Å². The maximum Gasteiger partial charge on any atom is 0.284 e. The van der Waals surface area contributed by atoms with Crippen molar-refractivity contribution in [2.75, 3.05) is 12.4 Å². The molecule has 0 bridgehead atoms. The number of pyridine rings is 1. The van der Waals surface area contributed by atoms with Crippen molar-refractivity contribution in [3.8, 4) is 17.3 Å². The predicted molar refractivity (Wildman–Crippen MR) is 110 cm³/mol. The SMILES string of the molecule is COc1ccc(C(=O)n2nc(-c3ccccn3)nc2NCc2ccccc2)c(F)c1. The van der Waals surface area contributed by atoms with E-state index in [-0.39, 0.29) is 17.3 Å². The molecule has 30 heavy (non-hydrogen) atoms. The van der Waals surface area contributed by atoms with E-state index in [0.29, 0.717) is 18.0 Å². The van der Waals surface area contributed by atoms with Crippen molar-refractivity contribution in [2.45, 2.75) is 6.54 Å². The maximum absolute atomic E-state index is 14.5. The first-order valence-electron chi connectivity index (χ1n) is 9.20. The van der Waals surface area contributed by atoms with Gasteiger partial charge >= 0.3 is 0 Å². The lowest BCUT2D eigenvalue weighted by Gasteiger charge is -2.08. The second-order valence-electron chi connectivity index (χ2n) is 6.38. The number of ether oxygens (including phenoxy) is 1. The van der Waals surface area contributed by atoms with Crippen LogP contribution in [0.4, 0.5) is 10.3 Å². The quantitative estimate of drug-likeness (QED) is 0.528. The minimum atomic E-state index is -0.705. The highest BCUT2D eigenvalue weighted by atomic mass is 19.1. The zero-order valence-corrected chi connectivity index (χ0v) is 16.1. The van der Waals surface area contributed by atoms with Crippen LogP contribution >= 0.6 is 0 Å². The Hall–Kier alpha value is -4.07. The van der Waals surface area contributed by atoms with Gasteiger partial charge in [0.15, 0.2) is 0 Å². The fourth-order valence-electron chi connectivity index (χ4n) is 2.86. The predicted octanol–water partition coefficient (Wildman–Crippen LogP) is 3.79. The van der Waals surface area contributed by atoms with Crippen LogP contribution in [0.15, 0.2) is 72.9 Å². The third-order valence-electron chi connectivity index (χ3n) is 4.39. The molecule has 4 aromatic rings. The van der Waals surface area contributed by atoms with Gasteiger partial charge in [-0.3, -0.25) is 9.78 Å². The van der Waals surface area contributed by atoms with E-state index in [0.717, 1.165) is 16.3 Å². The Bertz CT molecular complexity index is 1160. The van der Waals surface area contributed by atoms with Gasteiger partial charge < -0.3 is 10.1 Å². The molecule has 0 aliphatic heterocycles. The summed E-state index contributed by atoms with van der Waals surface area (Å²) in [5, 5.41) is 7.39. The zero-order chi connectivity index (χ0) is 20.9. The molecule has 0 fully saturated rings. The summed E-state index contributed by atoms with van der Waals surface area (Å²) in [6.45, 7) is 0.416. The van der Waals surface area contributed by atoms with Crippen molar-refractivity contribution < 1.29 is 13.9 Å². The van der Waals surface area contributed by atoms with Gasteiger partial charge in [-0.2, -0.15) is 9.67 Å². The molecule has 0 saturated carbocycles. The Morgan fingerprint density at radius 1 is 1.10 bits per heavy atom. The number of nitrogens with zero attached hydrogens (tertiary/aromatic N) is 4. The normalized spacial score (nSPS) is 10.6. The van der Waals surface area contributed by atoms with Crippen LogP contribution in [0.5, 0.6) is 5.75 Å². The van der Waals surface area contributed by atoms with Crippen molar-refractivity contribution in [2.24, 2.45) is 0 Å². The fourth-order valence-corrected chi connectivity index (χ4v) is 2.86. The molecular formula is C22H18FN5O2. The van der Waals surface area contributed by atoms with Gasteiger partial charge in [0.2, 0.25) is 11.8 Å². The molecule has 150 valence electrons. The minimum Gasteiger partial charge on any atom is -0.497 e. The van der Waals surface area contributed by atoms with Crippen LogP contribution in [-0.2, 0) is 6.54 Å². The van der Waals surface area contributed by atoms with Crippen LogP contribution in [-0.4, -0.2) is 32.8 Å². The molecule has 0 aliphatic carbocycles. The number of carbonyl (C=O) groups excluding carboxylic acids is 1. The van der Waals surface area contributed by atoms with Crippen molar-refractivity contribution in [3.05, 3.63) is 89.9 Å². The molecule has 8 heteroatoms. The summed E-state index contributed by atoms with van der Waals surface area (Å²) in [6, 6.07) is 19.0. The third-order valence-corrected chi connectivity index (χ3v) is 4.39. The molecule has 2 heterocycles. The molecule has 4 rings (SSSR count). The summed E-state index contributed by atoms with van der Waals surface area (Å²) in [5.74, 6) is -0.587. The number of rotatable bonds is 6. The van der Waals surface area contributed by atoms with Crippen molar-refractivity contribution >= 4 is 11.9 Å². The summed E-state index contributed by atoms with van der Waals surface area (Å²) in [4.78, 5) is 21.7. The van der Waals surface area contributed by atoms with Gasteiger partial charge in [0.25, 0.3) is 5.91 Å². The van der Waals surface area contributed by atoms with E-state index in [9.17, 15) is 9.18 Å². The van der Waals surface area contributed by atoms with Crippen LogP contribution in [0, 0.1) is 5.82 Å². The second-order valence-corrected chi connectivity index (χ2v) is 6.38. The van der Waals surface area contributed by atoms with E-state index in [4.69, 9.17) is 4.74 Å². The standard InChI is InChI=1S/C22H18FN5O2/c1-30-16-10-11-17(18(23)13-16)21(29)28-22(25-14-15-7-3-2-4-8-15)26-20(27-28)19-9-5-6-12-24-19/h2-13H,14H2,1H3,(H,25,26,27). The van der Waals surface area contributed by atoms with E-state index in [1.807, 2.05) is 30.3 Å². The number of anilines is 1. The molecule has 0 aliphatic rings. The molecular weight excluding hydrogens is 385 g/mol. The molecule has 0 spiro atoms. The summed E-state index contributed by atoms with van der Waals surface area (Å²) < 4.78 is 20.5. The lowest BCUT2D eigenvalue weighted by Crippen LogP contribution is -2.18. The van der Waals surface area contributed by atoms with Crippen LogP contribution in [0.25, 0.3) is 11.5 Å². The van der Waals surface area contributed by atoms with Crippen LogP contribution in [0.3, 0.4) is 0 Å². The van der Waals surface area contributed by atoms with Gasteiger partial charge in [0.05, 0.1) is 12.7 Å². The van der Waals surface area contributed by atoms with Gasteiger partial charge in [-0.25, -0.2) is 4.39 Å². The highest BCUT2D eigenvalue weighted by Crippen LogP contribution is 2.21. The highest BCUT2D eigenvalue weighted by Gasteiger charge is 2.22. The molecule has 0 atom stereocenters. The first kappa shape index (κ1) is 19.3. The number of aromatic nitrogens is 4. The van der Waals surface area contributed by atoms with Crippen molar-refractivity contribution in [1.82, 2.24) is 19.7 Å². The number of nitrogens with one attached hydrogen (secondary N) is 1. The summed E-state index contributed by atoms with van der Waals surface area (Å²) in [7, 11) is 1.43. The number of benzene rings is 2. The van der Waals surface area contributed by atoms with Gasteiger partial charge in [-0.1, -0.05) is 36.4 Å². The highest BCUT2D eigenvalue weighted by molar-refractivity contribution is 5.97. The number of halogens is 1. The largest absolute Gasteiger partial charge is 0.497 e. The number of hydrogen-bond acceptors (Lipinski definition) is 6. The molecule has 2 aromatic heterocycles. The third kappa shape index (κ3) is 4.02. The number of methoxy groups -OCH3 is 1. The van der Waals surface area contributed by atoms with Crippen LogP contribution in [0.1, 0.15) is 15.9 Å². The summed E-state index contributed by atoms with van der Waals surface area (Å²) in [5.41, 5.74) is 1.35. The smallest absolute Gasteiger partial charge is 0.284 e. The molecule has 7 nitrogen and oxygen atoms in total. The Morgan fingerprint density at radius 3 is 2.60 bits per heavy atom. The van der Waals surface area contributed by atoms with Crippen LogP contribution in [0.2, 0.25) is 0 Å². The Labute approximate surface area is 172 Å². The average molecular weight is 403 g/mol. The average Bonchev–Trinajstić information content (AvgIpc) is 3.23. The zero-order valence-electron chi connectivity index (χ0n) is 16.1. The minimum absolute atomic E-state index is 0.143. The lowest BCUT2D eigenvalue weighted by molar-refractivity contribution is 0.0943. The Kier molecular flexibility index (Phi) is 5.47. The van der Waals surface area contributed by atoms with Gasteiger partial charge in [0.1, 0.15) is 17.3 Å². The van der Waals surface area contributed by atoms with E-state index in [1.54, 1.807) is 24.4 Å². The second kappa shape index (κ2) is 8.52. The lowest BCUT2D eigenvalue weighted by atomic mass is 10.2. The molecule has 2 aromatic carbocycles. The van der Waals surface area contributed by atoms with E-state index in [2.05, 4.69) is 20.4 Å². The first-order valence-corrected chi connectivity index (χ1v) is 9.20. The molecule has 0 unspecified atom stereocenters. The van der Waals surface area contributed by atoms with Gasteiger partial charge in [-0.15, -0.1) is 5.10 Å². The molecule has 1 N–H and O–H groups in total. The number of carbonyl (C=O) groups is 1. The van der Waals surface area contributed by atoms with Crippen molar-refractivity contribution in [1.29, 1.82) is 0 Å². The number of hydrogen-bond donors (Lipinski definition) is 1. The Morgan fingerprint density at radius 2 is 1.90 bits per heavy atom. The van der Waals surface area contributed by atoms with Crippen LogP contribution < -0.4 is 10.1 Å². The summed E-state index contributed by atoms with van der Waals surface area (Å²) in [6.07, 6.45) is 1.61. The Balaban J connectivity index is 1.71. The maximum atomic E-state index is 14.5. The fraction of sp³-hybridized carbons (Fsp3) is 0.0909. The van der Waals surface area contributed by atoms with Gasteiger partial charge in [-0.05, 0) is 29.8 Å². The summed E-state index contributed by atoms with van der Waals surface area (Å²) >= 11 is 0. The topological polar surface area (TPSA) is 81.9 Å². The van der Waals surface area contributed by atoms with Crippen molar-refractivity contribution in [3.63, 3.8) is 0 Å². The van der Waals surface area contributed by atoms with E-state index < -0.39 is 11.7 Å². The van der Waals surface area contributed by atoms with Gasteiger partial charge in [0, 0.05) is 18.8 Å². The van der Waals surface area contributed by atoms with E-state index in [1.165, 1.54) is 19.2 Å². The monoisotopic (exact) mass is 403 g/mol. The molecule has 0 amide bonds. The molecule has 0 radical (unpaired) electrons. The first-order chi connectivity index (χ1) is 14.7.